The Hall–Kier alpha value is -0.530. The molecule has 0 rings (SSSR count). The van der Waals surface area contributed by atoms with Crippen LogP contribution in [0.25, 0.3) is 0 Å². The standard InChI is InChI=1S/C14H28O2/c1-8-11(3)14(6,12(15)16-7)10-13(4,5)9-2/h11H,8-10H2,1-7H3. The molecule has 0 aliphatic rings. The average Bonchev–Trinajstić information content (AvgIpc) is 2.25. The molecule has 0 aromatic rings. The van der Waals surface area contributed by atoms with Gasteiger partial charge in [0.05, 0.1) is 12.5 Å². The van der Waals surface area contributed by atoms with Crippen LogP contribution in [0.1, 0.15) is 60.8 Å². The van der Waals surface area contributed by atoms with Gasteiger partial charge in [0, 0.05) is 0 Å². The average molecular weight is 228 g/mol. The number of esters is 1. The zero-order chi connectivity index (χ0) is 13.0. The van der Waals surface area contributed by atoms with Gasteiger partial charge in [0.15, 0.2) is 0 Å². The third kappa shape index (κ3) is 3.50. The molecule has 0 spiro atoms. The zero-order valence-corrected chi connectivity index (χ0v) is 12.0. The van der Waals surface area contributed by atoms with Crippen molar-refractivity contribution in [2.75, 3.05) is 7.11 Å². The highest BCUT2D eigenvalue weighted by Gasteiger charge is 2.42. The van der Waals surface area contributed by atoms with Crippen molar-refractivity contribution in [3.63, 3.8) is 0 Å². The van der Waals surface area contributed by atoms with Crippen LogP contribution in [-0.2, 0) is 9.53 Å². The maximum absolute atomic E-state index is 12.0. The summed E-state index contributed by atoms with van der Waals surface area (Å²) in [6.45, 7) is 12.9. The summed E-state index contributed by atoms with van der Waals surface area (Å²) in [4.78, 5) is 12.0. The molecule has 96 valence electrons. The van der Waals surface area contributed by atoms with Crippen LogP contribution >= 0.6 is 0 Å². The van der Waals surface area contributed by atoms with Crippen molar-refractivity contribution in [3.8, 4) is 0 Å². The minimum Gasteiger partial charge on any atom is -0.469 e. The molecule has 0 aliphatic heterocycles. The maximum atomic E-state index is 12.0. The predicted octanol–water partition coefficient (Wildman–Crippen LogP) is 4.04. The first-order chi connectivity index (χ1) is 7.23. The quantitative estimate of drug-likeness (QED) is 0.641. The predicted molar refractivity (Wildman–Crippen MR) is 68.3 cm³/mol. The van der Waals surface area contributed by atoms with Crippen LogP contribution in [0.2, 0.25) is 0 Å². The molecule has 0 N–H and O–H groups in total. The summed E-state index contributed by atoms with van der Waals surface area (Å²) < 4.78 is 4.99. The van der Waals surface area contributed by atoms with E-state index in [1.54, 1.807) is 0 Å². The summed E-state index contributed by atoms with van der Waals surface area (Å²) in [5, 5.41) is 0. The van der Waals surface area contributed by atoms with Crippen LogP contribution in [0.3, 0.4) is 0 Å². The smallest absolute Gasteiger partial charge is 0.311 e. The minimum absolute atomic E-state index is 0.0663. The second-order valence-corrected chi connectivity index (χ2v) is 5.91. The van der Waals surface area contributed by atoms with Crippen molar-refractivity contribution in [2.24, 2.45) is 16.7 Å². The van der Waals surface area contributed by atoms with E-state index < -0.39 is 0 Å². The Balaban J connectivity index is 5.02. The normalized spacial score (nSPS) is 17.7. The summed E-state index contributed by atoms with van der Waals surface area (Å²) in [5.41, 5.74) is -0.171. The fourth-order valence-electron chi connectivity index (χ4n) is 2.25. The monoisotopic (exact) mass is 228 g/mol. The first-order valence-electron chi connectivity index (χ1n) is 6.32. The number of ether oxygens (including phenoxy) is 1. The lowest BCUT2D eigenvalue weighted by Gasteiger charge is -2.38. The molecular weight excluding hydrogens is 200 g/mol. The molecule has 2 unspecified atom stereocenters. The van der Waals surface area contributed by atoms with Gasteiger partial charge in [-0.15, -0.1) is 0 Å². The van der Waals surface area contributed by atoms with Gasteiger partial charge in [-0.2, -0.15) is 0 Å². The Morgan fingerprint density at radius 1 is 1.25 bits per heavy atom. The third-order valence-corrected chi connectivity index (χ3v) is 4.15. The number of hydrogen-bond donors (Lipinski definition) is 0. The lowest BCUT2D eigenvalue weighted by atomic mass is 9.66. The van der Waals surface area contributed by atoms with Gasteiger partial charge in [-0.1, -0.05) is 47.5 Å². The fraction of sp³-hybridized carbons (Fsp3) is 0.929. The van der Waals surface area contributed by atoms with E-state index in [9.17, 15) is 4.79 Å². The maximum Gasteiger partial charge on any atom is 0.311 e. The van der Waals surface area contributed by atoms with Gasteiger partial charge in [-0.3, -0.25) is 4.79 Å². The Bertz CT molecular complexity index is 233. The van der Waals surface area contributed by atoms with Gasteiger partial charge in [0.1, 0.15) is 0 Å². The Morgan fingerprint density at radius 2 is 1.75 bits per heavy atom. The molecule has 0 amide bonds. The second-order valence-electron chi connectivity index (χ2n) is 5.91. The van der Waals surface area contributed by atoms with E-state index in [1.807, 2.05) is 6.92 Å². The highest BCUT2D eigenvalue weighted by Crippen LogP contribution is 2.43. The molecule has 0 aromatic heterocycles. The number of rotatable bonds is 6. The van der Waals surface area contributed by atoms with Gasteiger partial charge < -0.3 is 4.74 Å². The molecule has 0 aromatic carbocycles. The Labute approximate surface area is 101 Å². The zero-order valence-electron chi connectivity index (χ0n) is 12.0. The van der Waals surface area contributed by atoms with Gasteiger partial charge >= 0.3 is 5.97 Å². The molecular formula is C14H28O2. The van der Waals surface area contributed by atoms with Crippen molar-refractivity contribution < 1.29 is 9.53 Å². The number of hydrogen-bond acceptors (Lipinski definition) is 2. The number of methoxy groups -OCH3 is 1. The van der Waals surface area contributed by atoms with Crippen LogP contribution < -0.4 is 0 Å². The summed E-state index contributed by atoms with van der Waals surface area (Å²) in [6.07, 6.45) is 2.97. The largest absolute Gasteiger partial charge is 0.469 e. The van der Waals surface area contributed by atoms with Gasteiger partial charge in [0.2, 0.25) is 0 Å². The van der Waals surface area contributed by atoms with Gasteiger partial charge in [0.25, 0.3) is 0 Å². The SMILES string of the molecule is CCC(C)C(C)(CC(C)(C)CC)C(=O)OC. The van der Waals surface area contributed by atoms with Crippen LogP contribution in [0.4, 0.5) is 0 Å². The first-order valence-corrected chi connectivity index (χ1v) is 6.32. The van der Waals surface area contributed by atoms with E-state index in [0.717, 1.165) is 19.3 Å². The highest BCUT2D eigenvalue weighted by atomic mass is 16.5. The lowest BCUT2D eigenvalue weighted by molar-refractivity contribution is -0.157. The highest BCUT2D eigenvalue weighted by molar-refractivity contribution is 5.76. The fourth-order valence-corrected chi connectivity index (χ4v) is 2.25. The van der Waals surface area contributed by atoms with Gasteiger partial charge in [-0.25, -0.2) is 0 Å². The molecule has 0 radical (unpaired) electrons. The van der Waals surface area contributed by atoms with Crippen molar-refractivity contribution in [2.45, 2.75) is 60.8 Å². The molecule has 0 bridgehead atoms. The van der Waals surface area contributed by atoms with E-state index in [1.165, 1.54) is 7.11 Å². The molecule has 0 fully saturated rings. The number of carbonyl (C=O) groups is 1. The van der Waals surface area contributed by atoms with Crippen molar-refractivity contribution >= 4 is 5.97 Å². The lowest BCUT2D eigenvalue weighted by Crippen LogP contribution is -2.39. The minimum atomic E-state index is -0.358. The first kappa shape index (κ1) is 15.5. The topological polar surface area (TPSA) is 26.3 Å². The molecule has 2 nitrogen and oxygen atoms in total. The molecule has 16 heavy (non-hydrogen) atoms. The van der Waals surface area contributed by atoms with Crippen LogP contribution in [0.15, 0.2) is 0 Å². The summed E-state index contributed by atoms with van der Waals surface area (Å²) in [7, 11) is 1.49. The van der Waals surface area contributed by atoms with Gasteiger partial charge in [-0.05, 0) is 24.7 Å². The van der Waals surface area contributed by atoms with Crippen LogP contribution in [-0.4, -0.2) is 13.1 Å². The molecule has 0 aliphatic carbocycles. The van der Waals surface area contributed by atoms with E-state index in [-0.39, 0.29) is 16.8 Å². The van der Waals surface area contributed by atoms with Crippen molar-refractivity contribution in [1.29, 1.82) is 0 Å². The molecule has 2 heteroatoms. The summed E-state index contributed by atoms with van der Waals surface area (Å²) in [5.74, 6) is 0.286. The van der Waals surface area contributed by atoms with E-state index in [4.69, 9.17) is 4.74 Å². The number of carbonyl (C=O) groups excluding carboxylic acids is 1. The second kappa shape index (κ2) is 5.70. The van der Waals surface area contributed by atoms with Crippen molar-refractivity contribution in [1.82, 2.24) is 0 Å². The van der Waals surface area contributed by atoms with Crippen molar-refractivity contribution in [3.05, 3.63) is 0 Å². The molecule has 2 atom stereocenters. The molecule has 0 saturated heterocycles. The molecule has 0 saturated carbocycles. The van der Waals surface area contributed by atoms with E-state index >= 15 is 0 Å². The summed E-state index contributed by atoms with van der Waals surface area (Å²) in [6, 6.07) is 0. The third-order valence-electron chi connectivity index (χ3n) is 4.15. The van der Waals surface area contributed by atoms with Crippen LogP contribution in [0.5, 0.6) is 0 Å². The summed E-state index contributed by atoms with van der Waals surface area (Å²) >= 11 is 0. The van der Waals surface area contributed by atoms with Crippen LogP contribution in [0, 0.1) is 16.7 Å². The Kier molecular flexibility index (Phi) is 5.51. The van der Waals surface area contributed by atoms with E-state index in [2.05, 4.69) is 34.6 Å². The Morgan fingerprint density at radius 3 is 2.06 bits per heavy atom. The van der Waals surface area contributed by atoms with E-state index in [0.29, 0.717) is 5.92 Å². The molecule has 0 heterocycles.